The Morgan fingerprint density at radius 2 is 2.10 bits per heavy atom. The van der Waals surface area contributed by atoms with Gasteiger partial charge in [-0.05, 0) is 35.7 Å². The Balaban J connectivity index is 1.62. The summed E-state index contributed by atoms with van der Waals surface area (Å²) in [7, 11) is 0. The van der Waals surface area contributed by atoms with Crippen molar-refractivity contribution in [2.75, 3.05) is 5.73 Å². The van der Waals surface area contributed by atoms with Crippen molar-refractivity contribution in [2.45, 2.75) is 6.54 Å². The number of thiophene rings is 1. The number of rotatable bonds is 4. The van der Waals surface area contributed by atoms with Crippen LogP contribution in [-0.4, -0.2) is 21.1 Å². The van der Waals surface area contributed by atoms with E-state index in [0.717, 1.165) is 4.88 Å². The Morgan fingerprint density at radius 3 is 2.81 bits per heavy atom. The van der Waals surface area contributed by atoms with E-state index < -0.39 is 0 Å². The van der Waals surface area contributed by atoms with E-state index in [1.807, 2.05) is 17.5 Å². The highest BCUT2D eigenvalue weighted by atomic mass is 32.1. The Hall–Kier alpha value is -2.67. The SMILES string of the molecule is Nc1ccc(C(=O)NCc2nc(-c3cccs3)n[nH]2)cc1. The number of amides is 1. The van der Waals surface area contributed by atoms with Crippen molar-refractivity contribution < 1.29 is 4.79 Å². The van der Waals surface area contributed by atoms with Gasteiger partial charge in [0.25, 0.3) is 5.91 Å². The smallest absolute Gasteiger partial charge is 0.251 e. The number of nitrogens with zero attached hydrogens (tertiary/aromatic N) is 2. The molecule has 0 saturated carbocycles. The van der Waals surface area contributed by atoms with Crippen molar-refractivity contribution in [1.82, 2.24) is 20.5 Å². The van der Waals surface area contributed by atoms with Crippen LogP contribution in [0.2, 0.25) is 0 Å². The Kier molecular flexibility index (Phi) is 3.65. The van der Waals surface area contributed by atoms with E-state index in [4.69, 9.17) is 5.73 Å². The van der Waals surface area contributed by atoms with Crippen molar-refractivity contribution in [3.63, 3.8) is 0 Å². The zero-order valence-corrected chi connectivity index (χ0v) is 11.9. The fourth-order valence-electron chi connectivity index (χ4n) is 1.79. The highest BCUT2D eigenvalue weighted by Gasteiger charge is 2.09. The minimum atomic E-state index is -0.177. The van der Waals surface area contributed by atoms with Crippen molar-refractivity contribution in [3.8, 4) is 10.7 Å². The molecule has 21 heavy (non-hydrogen) atoms. The molecule has 0 saturated heterocycles. The molecule has 1 aromatic carbocycles. The van der Waals surface area contributed by atoms with Crippen LogP contribution in [0.4, 0.5) is 5.69 Å². The molecule has 0 aliphatic heterocycles. The number of nitrogens with one attached hydrogen (secondary N) is 2. The number of aromatic amines is 1. The first-order valence-corrected chi connectivity index (χ1v) is 7.19. The normalized spacial score (nSPS) is 10.5. The first-order valence-electron chi connectivity index (χ1n) is 6.31. The summed E-state index contributed by atoms with van der Waals surface area (Å²) in [4.78, 5) is 17.3. The average Bonchev–Trinajstić information content (AvgIpc) is 3.16. The fraction of sp³-hybridized carbons (Fsp3) is 0.0714. The fourth-order valence-corrected chi connectivity index (χ4v) is 2.45. The van der Waals surface area contributed by atoms with Crippen LogP contribution in [0.25, 0.3) is 10.7 Å². The molecule has 0 aliphatic rings. The molecule has 3 aromatic rings. The summed E-state index contributed by atoms with van der Waals surface area (Å²) in [5.74, 6) is 1.08. The predicted molar refractivity (Wildman–Crippen MR) is 81.7 cm³/mol. The van der Waals surface area contributed by atoms with E-state index >= 15 is 0 Å². The van der Waals surface area contributed by atoms with Crippen LogP contribution in [-0.2, 0) is 6.54 Å². The second kappa shape index (κ2) is 5.76. The molecule has 0 bridgehead atoms. The van der Waals surface area contributed by atoms with Gasteiger partial charge in [0, 0.05) is 11.3 Å². The van der Waals surface area contributed by atoms with E-state index in [1.165, 1.54) is 0 Å². The molecular weight excluding hydrogens is 286 g/mol. The van der Waals surface area contributed by atoms with Crippen LogP contribution in [0.15, 0.2) is 41.8 Å². The molecule has 0 unspecified atom stereocenters. The maximum atomic E-state index is 12.0. The number of carbonyl (C=O) groups is 1. The monoisotopic (exact) mass is 299 g/mol. The van der Waals surface area contributed by atoms with E-state index in [0.29, 0.717) is 29.4 Å². The molecule has 0 spiro atoms. The zero-order chi connectivity index (χ0) is 14.7. The van der Waals surface area contributed by atoms with Gasteiger partial charge in [0.1, 0.15) is 5.82 Å². The van der Waals surface area contributed by atoms with Gasteiger partial charge < -0.3 is 11.1 Å². The number of benzene rings is 1. The first-order chi connectivity index (χ1) is 10.2. The molecule has 0 radical (unpaired) electrons. The van der Waals surface area contributed by atoms with Gasteiger partial charge in [0.05, 0.1) is 11.4 Å². The van der Waals surface area contributed by atoms with Crippen LogP contribution >= 0.6 is 11.3 Å². The Labute approximate surface area is 125 Å². The second-order valence-electron chi connectivity index (χ2n) is 4.39. The quantitative estimate of drug-likeness (QED) is 0.642. The Bertz CT molecular complexity index is 733. The van der Waals surface area contributed by atoms with Gasteiger partial charge in [-0.3, -0.25) is 9.89 Å². The first kappa shape index (κ1) is 13.3. The molecule has 7 heteroatoms. The molecule has 2 heterocycles. The third kappa shape index (κ3) is 3.09. The molecule has 106 valence electrons. The lowest BCUT2D eigenvalue weighted by molar-refractivity contribution is 0.0950. The summed E-state index contributed by atoms with van der Waals surface area (Å²) < 4.78 is 0. The molecule has 2 aromatic heterocycles. The summed E-state index contributed by atoms with van der Waals surface area (Å²) in [5, 5.41) is 11.7. The summed E-state index contributed by atoms with van der Waals surface area (Å²) in [6.45, 7) is 0.293. The zero-order valence-electron chi connectivity index (χ0n) is 11.0. The minimum absolute atomic E-state index is 0.177. The molecular formula is C14H13N5OS. The topological polar surface area (TPSA) is 96.7 Å². The van der Waals surface area contributed by atoms with E-state index in [1.54, 1.807) is 35.6 Å². The van der Waals surface area contributed by atoms with Crippen LogP contribution in [0.1, 0.15) is 16.2 Å². The number of hydrogen-bond acceptors (Lipinski definition) is 5. The van der Waals surface area contributed by atoms with Crippen molar-refractivity contribution in [1.29, 1.82) is 0 Å². The molecule has 1 amide bonds. The summed E-state index contributed by atoms with van der Waals surface area (Å²) >= 11 is 1.57. The number of nitrogen functional groups attached to an aromatic ring is 1. The summed E-state index contributed by atoms with van der Waals surface area (Å²) in [6, 6.07) is 10.6. The van der Waals surface area contributed by atoms with Crippen molar-refractivity contribution in [2.24, 2.45) is 0 Å². The average molecular weight is 299 g/mol. The lowest BCUT2D eigenvalue weighted by atomic mass is 10.2. The van der Waals surface area contributed by atoms with E-state index in [9.17, 15) is 4.79 Å². The molecule has 0 aliphatic carbocycles. The summed E-state index contributed by atoms with van der Waals surface area (Å²) in [5.41, 5.74) is 6.77. The third-order valence-corrected chi connectivity index (χ3v) is 3.73. The standard InChI is InChI=1S/C14H13N5OS/c15-10-5-3-9(4-6-10)14(20)16-8-12-17-13(19-18-12)11-2-1-7-21-11/h1-7H,8,15H2,(H,16,20)(H,17,18,19). The van der Waals surface area contributed by atoms with Crippen LogP contribution in [0.5, 0.6) is 0 Å². The number of aromatic nitrogens is 3. The number of hydrogen-bond donors (Lipinski definition) is 3. The van der Waals surface area contributed by atoms with Crippen molar-refractivity contribution in [3.05, 3.63) is 53.2 Å². The summed E-state index contributed by atoms with van der Waals surface area (Å²) in [6.07, 6.45) is 0. The van der Waals surface area contributed by atoms with Crippen molar-refractivity contribution >= 4 is 22.9 Å². The molecule has 6 nitrogen and oxygen atoms in total. The molecule has 0 atom stereocenters. The number of H-pyrrole nitrogens is 1. The van der Waals surface area contributed by atoms with Crippen LogP contribution in [0, 0.1) is 0 Å². The second-order valence-corrected chi connectivity index (χ2v) is 5.34. The largest absolute Gasteiger partial charge is 0.399 e. The third-order valence-electron chi connectivity index (χ3n) is 2.86. The van der Waals surface area contributed by atoms with Gasteiger partial charge in [0.15, 0.2) is 5.82 Å². The van der Waals surface area contributed by atoms with Gasteiger partial charge in [-0.15, -0.1) is 11.3 Å². The van der Waals surface area contributed by atoms with Gasteiger partial charge in [-0.1, -0.05) is 6.07 Å². The Morgan fingerprint density at radius 1 is 1.29 bits per heavy atom. The molecule has 0 fully saturated rings. The van der Waals surface area contributed by atoms with Gasteiger partial charge in [0.2, 0.25) is 0 Å². The van der Waals surface area contributed by atoms with Crippen LogP contribution in [0.3, 0.4) is 0 Å². The predicted octanol–water partition coefficient (Wildman–Crippen LogP) is 2.05. The molecule has 4 N–H and O–H groups in total. The van der Waals surface area contributed by atoms with Gasteiger partial charge in [-0.25, -0.2) is 4.98 Å². The van der Waals surface area contributed by atoms with Crippen LogP contribution < -0.4 is 11.1 Å². The number of anilines is 1. The minimum Gasteiger partial charge on any atom is -0.399 e. The molecule has 3 rings (SSSR count). The van der Waals surface area contributed by atoms with E-state index in [-0.39, 0.29) is 5.91 Å². The lowest BCUT2D eigenvalue weighted by Gasteiger charge is -2.03. The van der Waals surface area contributed by atoms with E-state index in [2.05, 4.69) is 20.5 Å². The number of carbonyl (C=O) groups excluding carboxylic acids is 1. The maximum absolute atomic E-state index is 12.0. The number of nitrogens with two attached hydrogens (primary N) is 1. The van der Waals surface area contributed by atoms with Gasteiger partial charge >= 0.3 is 0 Å². The highest BCUT2D eigenvalue weighted by Crippen LogP contribution is 2.20. The van der Waals surface area contributed by atoms with Gasteiger partial charge in [-0.2, -0.15) is 5.10 Å². The maximum Gasteiger partial charge on any atom is 0.251 e. The highest BCUT2D eigenvalue weighted by molar-refractivity contribution is 7.13. The lowest BCUT2D eigenvalue weighted by Crippen LogP contribution is -2.23.